The Balaban J connectivity index is 1.46. The van der Waals surface area contributed by atoms with Gasteiger partial charge in [0.15, 0.2) is 0 Å². The average Bonchev–Trinajstić information content (AvgIpc) is 2.99. The number of benzene rings is 1. The molecule has 6 nitrogen and oxygen atoms in total. The van der Waals surface area contributed by atoms with E-state index in [2.05, 4.69) is 10.3 Å². The van der Waals surface area contributed by atoms with Crippen molar-refractivity contribution in [3.63, 3.8) is 0 Å². The van der Waals surface area contributed by atoms with Crippen molar-refractivity contribution in [2.75, 3.05) is 18.8 Å². The lowest BCUT2D eigenvalue weighted by Crippen LogP contribution is -2.37. The summed E-state index contributed by atoms with van der Waals surface area (Å²) in [6.07, 6.45) is 3.58. The van der Waals surface area contributed by atoms with E-state index in [1.54, 1.807) is 30.1 Å². The number of aromatic nitrogens is 1. The maximum absolute atomic E-state index is 12.2. The Bertz CT molecular complexity index is 781. The van der Waals surface area contributed by atoms with Gasteiger partial charge in [-0.2, -0.15) is 0 Å². The number of carbonyl (C=O) groups is 3. The summed E-state index contributed by atoms with van der Waals surface area (Å²) in [5.74, 6) is 0.574. The summed E-state index contributed by atoms with van der Waals surface area (Å²) in [6.45, 7) is 0.448. The Labute approximate surface area is 159 Å². The first kappa shape index (κ1) is 18.5. The zero-order valence-corrected chi connectivity index (χ0v) is 15.5. The van der Waals surface area contributed by atoms with Crippen molar-refractivity contribution >= 4 is 40.6 Å². The van der Waals surface area contributed by atoms with E-state index < -0.39 is 0 Å². The highest BCUT2D eigenvalue weighted by molar-refractivity contribution is 8.14. The Morgan fingerprint density at radius 3 is 2.69 bits per heavy atom. The Morgan fingerprint density at radius 2 is 2.04 bits per heavy atom. The highest BCUT2D eigenvalue weighted by Crippen LogP contribution is 2.22. The molecule has 1 aliphatic heterocycles. The summed E-state index contributed by atoms with van der Waals surface area (Å²) < 4.78 is 0. The summed E-state index contributed by atoms with van der Waals surface area (Å²) >= 11 is 2.67. The molecule has 3 amide bonds. The van der Waals surface area contributed by atoms with Gasteiger partial charge in [-0.3, -0.25) is 24.3 Å². The maximum atomic E-state index is 12.2. The number of amides is 3. The van der Waals surface area contributed by atoms with Gasteiger partial charge in [-0.15, -0.1) is 11.8 Å². The summed E-state index contributed by atoms with van der Waals surface area (Å²) in [5.41, 5.74) is 1.69. The number of nitrogens with one attached hydrogen (secondary N) is 1. The first-order chi connectivity index (χ1) is 12.6. The molecule has 3 rings (SSSR count). The second-order valence-corrected chi connectivity index (χ2v) is 7.51. The first-order valence-electron chi connectivity index (χ1n) is 8.00. The number of rotatable bonds is 7. The molecule has 1 aromatic heterocycles. The quantitative estimate of drug-likeness (QED) is 0.736. The monoisotopic (exact) mass is 387 g/mol. The van der Waals surface area contributed by atoms with Crippen molar-refractivity contribution in [1.82, 2.24) is 15.2 Å². The van der Waals surface area contributed by atoms with Gasteiger partial charge in [0.05, 0.1) is 5.75 Å². The minimum absolute atomic E-state index is 0.185. The van der Waals surface area contributed by atoms with Crippen LogP contribution in [-0.2, 0) is 10.5 Å². The molecule has 0 spiro atoms. The number of pyridine rings is 1. The third-order valence-corrected chi connectivity index (χ3v) is 5.65. The summed E-state index contributed by atoms with van der Waals surface area (Å²) in [6, 6.07) is 11.3. The molecule has 0 aliphatic carbocycles. The zero-order valence-electron chi connectivity index (χ0n) is 13.9. The van der Waals surface area contributed by atoms with Crippen LogP contribution in [0.5, 0.6) is 0 Å². The summed E-state index contributed by atoms with van der Waals surface area (Å²) in [4.78, 5) is 41.5. The molecule has 2 heterocycles. The first-order valence-corrected chi connectivity index (χ1v) is 9.98. The third kappa shape index (κ3) is 4.86. The highest BCUT2D eigenvalue weighted by atomic mass is 32.2. The lowest BCUT2D eigenvalue weighted by Gasteiger charge is -2.13. The van der Waals surface area contributed by atoms with Crippen LogP contribution >= 0.6 is 23.5 Å². The molecule has 1 N–H and O–H groups in total. The predicted molar refractivity (Wildman–Crippen MR) is 102 cm³/mol. The van der Waals surface area contributed by atoms with Crippen LogP contribution < -0.4 is 5.32 Å². The largest absolute Gasteiger partial charge is 0.350 e. The van der Waals surface area contributed by atoms with E-state index in [4.69, 9.17) is 0 Å². The van der Waals surface area contributed by atoms with Gasteiger partial charge < -0.3 is 5.32 Å². The second-order valence-electron chi connectivity index (χ2n) is 5.53. The van der Waals surface area contributed by atoms with Gasteiger partial charge in [0, 0.05) is 41.7 Å². The molecule has 0 unspecified atom stereocenters. The molecule has 8 heteroatoms. The van der Waals surface area contributed by atoms with Crippen molar-refractivity contribution in [2.24, 2.45) is 0 Å². The molecule has 134 valence electrons. The van der Waals surface area contributed by atoms with Crippen LogP contribution in [0.2, 0.25) is 0 Å². The van der Waals surface area contributed by atoms with Crippen LogP contribution in [0, 0.1) is 0 Å². The molecule has 26 heavy (non-hydrogen) atoms. The number of hydrogen-bond donors (Lipinski definition) is 1. The lowest BCUT2D eigenvalue weighted by atomic mass is 10.2. The van der Waals surface area contributed by atoms with Crippen LogP contribution in [-0.4, -0.2) is 45.8 Å². The molecular formula is C18H17N3O3S2. The van der Waals surface area contributed by atoms with Gasteiger partial charge in [0.2, 0.25) is 5.91 Å². The summed E-state index contributed by atoms with van der Waals surface area (Å²) in [5, 5.41) is 2.48. The van der Waals surface area contributed by atoms with Gasteiger partial charge >= 0.3 is 0 Å². The van der Waals surface area contributed by atoms with Crippen LogP contribution in [0.3, 0.4) is 0 Å². The van der Waals surface area contributed by atoms with Gasteiger partial charge in [0.25, 0.3) is 11.1 Å². The van der Waals surface area contributed by atoms with Gasteiger partial charge in [-0.25, -0.2) is 0 Å². The normalized spacial score (nSPS) is 13.9. The average molecular weight is 387 g/mol. The fourth-order valence-electron chi connectivity index (χ4n) is 2.33. The molecule has 0 saturated carbocycles. The van der Waals surface area contributed by atoms with Gasteiger partial charge in [-0.1, -0.05) is 17.8 Å². The number of nitrogens with zero attached hydrogens (tertiary/aromatic N) is 2. The van der Waals surface area contributed by atoms with E-state index in [0.29, 0.717) is 5.56 Å². The number of thioether (sulfide) groups is 2. The summed E-state index contributed by atoms with van der Waals surface area (Å²) in [7, 11) is 0. The number of hydrogen-bond acceptors (Lipinski definition) is 6. The zero-order chi connectivity index (χ0) is 18.4. The fraction of sp³-hybridized carbons (Fsp3) is 0.222. The van der Waals surface area contributed by atoms with Crippen molar-refractivity contribution in [2.45, 2.75) is 10.6 Å². The van der Waals surface area contributed by atoms with Crippen molar-refractivity contribution in [3.8, 4) is 0 Å². The van der Waals surface area contributed by atoms with Gasteiger partial charge in [0.1, 0.15) is 0 Å². The fourth-order valence-corrected chi connectivity index (χ4v) is 3.92. The van der Waals surface area contributed by atoms with E-state index in [1.807, 2.05) is 30.5 Å². The molecule has 0 atom stereocenters. The van der Waals surface area contributed by atoms with E-state index in [1.165, 1.54) is 4.90 Å². The molecule has 0 radical (unpaired) electrons. The maximum Gasteiger partial charge on any atom is 0.288 e. The molecule has 1 saturated heterocycles. The van der Waals surface area contributed by atoms with Gasteiger partial charge in [-0.05, 0) is 35.9 Å². The third-order valence-electron chi connectivity index (χ3n) is 3.71. The van der Waals surface area contributed by atoms with E-state index in [0.717, 1.165) is 28.0 Å². The predicted octanol–water partition coefficient (Wildman–Crippen LogP) is 2.80. The van der Waals surface area contributed by atoms with Crippen LogP contribution in [0.25, 0.3) is 0 Å². The Kier molecular flexibility index (Phi) is 6.30. The smallest absolute Gasteiger partial charge is 0.288 e. The van der Waals surface area contributed by atoms with E-state index in [9.17, 15) is 14.4 Å². The molecule has 2 aromatic rings. The standard InChI is InChI=1S/C18H17N3O3S2/c22-16-12-26-18(24)21(16)9-8-20-17(23)14-3-5-15(6-4-14)25-11-13-2-1-7-19-10-13/h1-7,10H,8-9,11-12H2,(H,20,23). The Hall–Kier alpha value is -2.32. The van der Waals surface area contributed by atoms with Crippen LogP contribution in [0.4, 0.5) is 4.79 Å². The Morgan fingerprint density at radius 1 is 1.23 bits per heavy atom. The van der Waals surface area contributed by atoms with E-state index >= 15 is 0 Å². The minimum Gasteiger partial charge on any atom is -0.350 e. The molecule has 1 aliphatic rings. The minimum atomic E-state index is -0.251. The van der Waals surface area contributed by atoms with E-state index in [-0.39, 0.29) is 35.9 Å². The SMILES string of the molecule is O=C(NCCN1C(=O)CSC1=O)c1ccc(SCc2cccnc2)cc1. The molecule has 1 aromatic carbocycles. The second kappa shape index (κ2) is 8.86. The molecular weight excluding hydrogens is 370 g/mol. The van der Waals surface area contributed by atoms with Crippen LogP contribution in [0.15, 0.2) is 53.7 Å². The van der Waals surface area contributed by atoms with Crippen molar-refractivity contribution < 1.29 is 14.4 Å². The van der Waals surface area contributed by atoms with Crippen LogP contribution in [0.1, 0.15) is 15.9 Å². The van der Waals surface area contributed by atoms with Crippen molar-refractivity contribution in [1.29, 1.82) is 0 Å². The highest BCUT2D eigenvalue weighted by Gasteiger charge is 2.29. The van der Waals surface area contributed by atoms with Crippen molar-refractivity contribution in [3.05, 3.63) is 59.9 Å². The topological polar surface area (TPSA) is 79.4 Å². The number of carbonyl (C=O) groups excluding carboxylic acids is 3. The lowest BCUT2D eigenvalue weighted by molar-refractivity contribution is -0.124. The molecule has 1 fully saturated rings. The number of imide groups is 1. The molecule has 0 bridgehead atoms.